The van der Waals surface area contributed by atoms with E-state index in [0.29, 0.717) is 17.7 Å². The summed E-state index contributed by atoms with van der Waals surface area (Å²) in [6.07, 6.45) is 16.1. The van der Waals surface area contributed by atoms with Crippen molar-refractivity contribution in [3.05, 3.63) is 11.8 Å². The van der Waals surface area contributed by atoms with Crippen LogP contribution in [0.15, 0.2) is 4.42 Å². The van der Waals surface area contributed by atoms with Crippen LogP contribution in [-0.2, 0) is 4.79 Å². The smallest absolute Gasteiger partial charge is 0.238 e. The molecule has 0 radical (unpaired) electrons. The number of aromatic nitrogens is 2. The molecule has 1 aromatic heterocycles. The molecule has 2 atom stereocenters. The number of likely N-dealkylation sites (tertiary alicyclic amines) is 1. The molecule has 1 amide bonds. The largest absolute Gasteiger partial charge is 0.423 e. The van der Waals surface area contributed by atoms with E-state index in [9.17, 15) is 4.79 Å². The maximum absolute atomic E-state index is 13.3. The van der Waals surface area contributed by atoms with Crippen LogP contribution in [0.3, 0.4) is 0 Å². The van der Waals surface area contributed by atoms with Crippen molar-refractivity contribution < 1.29 is 9.21 Å². The van der Waals surface area contributed by atoms with Crippen LogP contribution in [0.2, 0.25) is 0 Å². The van der Waals surface area contributed by atoms with Crippen LogP contribution in [0.5, 0.6) is 0 Å². The van der Waals surface area contributed by atoms with E-state index in [1.165, 1.54) is 44.9 Å². The summed E-state index contributed by atoms with van der Waals surface area (Å²) in [4.78, 5) is 15.3. The molecule has 1 saturated carbocycles. The zero-order chi connectivity index (χ0) is 19.8. The van der Waals surface area contributed by atoms with E-state index in [1.807, 2.05) is 0 Å². The number of hydrogen-bond donors (Lipinski definition) is 0. The van der Waals surface area contributed by atoms with Gasteiger partial charge in [0.15, 0.2) is 0 Å². The van der Waals surface area contributed by atoms with Crippen LogP contribution < -0.4 is 0 Å². The highest BCUT2D eigenvalue weighted by Crippen LogP contribution is 2.36. The molecule has 0 N–H and O–H groups in total. The fraction of sp³-hybridized carbons (Fsp3) is 0.870. The van der Waals surface area contributed by atoms with Gasteiger partial charge in [-0.3, -0.25) is 4.79 Å². The average Bonchev–Trinajstić information content (AvgIpc) is 3.33. The zero-order valence-electron chi connectivity index (χ0n) is 18.0. The maximum Gasteiger partial charge on any atom is 0.238 e. The van der Waals surface area contributed by atoms with E-state index < -0.39 is 0 Å². The summed E-state index contributed by atoms with van der Waals surface area (Å²) in [6, 6.07) is -0.00681. The van der Waals surface area contributed by atoms with Crippen molar-refractivity contribution in [2.45, 2.75) is 116 Å². The van der Waals surface area contributed by atoms with E-state index >= 15 is 0 Å². The lowest BCUT2D eigenvalue weighted by Gasteiger charge is -2.28. The first kappa shape index (κ1) is 21.3. The molecule has 1 aliphatic carbocycles. The predicted molar refractivity (Wildman–Crippen MR) is 111 cm³/mol. The van der Waals surface area contributed by atoms with Crippen LogP contribution in [-0.4, -0.2) is 27.5 Å². The van der Waals surface area contributed by atoms with Gasteiger partial charge in [0.05, 0.1) is 0 Å². The molecule has 0 spiro atoms. The number of nitrogens with zero attached hydrogens (tertiary/aromatic N) is 3. The summed E-state index contributed by atoms with van der Waals surface area (Å²) in [5, 5.41) is 8.82. The molecular weight excluding hydrogens is 350 g/mol. The highest BCUT2D eigenvalue weighted by molar-refractivity contribution is 5.79. The molecular formula is C23H39N3O2. The molecule has 1 aromatic rings. The summed E-state index contributed by atoms with van der Waals surface area (Å²) in [5.74, 6) is 2.35. The zero-order valence-corrected chi connectivity index (χ0v) is 18.0. The number of amides is 1. The molecule has 5 nitrogen and oxygen atoms in total. The van der Waals surface area contributed by atoms with Crippen molar-refractivity contribution in [2.75, 3.05) is 6.54 Å². The Bertz CT molecular complexity index is 592. The van der Waals surface area contributed by atoms with Crippen molar-refractivity contribution in [2.24, 2.45) is 5.92 Å². The molecule has 28 heavy (non-hydrogen) atoms. The Morgan fingerprint density at radius 2 is 1.75 bits per heavy atom. The van der Waals surface area contributed by atoms with Gasteiger partial charge in [0.2, 0.25) is 17.7 Å². The molecule has 3 rings (SSSR count). The molecule has 0 bridgehead atoms. The number of carbonyl (C=O) groups is 1. The second kappa shape index (κ2) is 11.0. The fourth-order valence-electron chi connectivity index (χ4n) is 4.96. The molecule has 1 aliphatic heterocycles. The summed E-state index contributed by atoms with van der Waals surface area (Å²) in [5.41, 5.74) is 0. The van der Waals surface area contributed by atoms with Crippen LogP contribution in [0, 0.1) is 5.92 Å². The second-order valence-electron chi connectivity index (χ2n) is 8.84. The topological polar surface area (TPSA) is 59.2 Å². The van der Waals surface area contributed by atoms with E-state index in [4.69, 9.17) is 4.42 Å². The van der Waals surface area contributed by atoms with Crippen molar-refractivity contribution >= 4 is 5.91 Å². The fourth-order valence-corrected chi connectivity index (χ4v) is 4.96. The second-order valence-corrected chi connectivity index (χ2v) is 8.84. The summed E-state index contributed by atoms with van der Waals surface area (Å²) in [6.45, 7) is 5.27. The lowest BCUT2D eigenvalue weighted by molar-refractivity contribution is -0.137. The Morgan fingerprint density at radius 1 is 1.00 bits per heavy atom. The van der Waals surface area contributed by atoms with Gasteiger partial charge in [-0.15, -0.1) is 10.2 Å². The standard InChI is InChI=1S/C23H39N3O2/c1-3-5-13-18(12-4-2)21-24-25-22(28-21)20-16-11-17-26(20)23(27)19-14-9-7-6-8-10-15-19/h18-20H,3-17H2,1-2H3. The molecule has 2 aliphatic rings. The van der Waals surface area contributed by atoms with Gasteiger partial charge in [-0.25, -0.2) is 0 Å². The van der Waals surface area contributed by atoms with Crippen LogP contribution in [0.25, 0.3) is 0 Å². The normalized spacial score (nSPS) is 22.8. The van der Waals surface area contributed by atoms with Gasteiger partial charge in [-0.1, -0.05) is 65.2 Å². The Morgan fingerprint density at radius 3 is 2.46 bits per heavy atom. The van der Waals surface area contributed by atoms with Crippen LogP contribution >= 0.6 is 0 Å². The minimum Gasteiger partial charge on any atom is -0.423 e. The van der Waals surface area contributed by atoms with Crippen molar-refractivity contribution in [1.29, 1.82) is 0 Å². The van der Waals surface area contributed by atoms with E-state index in [-0.39, 0.29) is 12.0 Å². The third-order valence-corrected chi connectivity index (χ3v) is 6.62. The van der Waals surface area contributed by atoms with E-state index in [2.05, 4.69) is 28.9 Å². The first-order chi connectivity index (χ1) is 13.7. The number of carbonyl (C=O) groups excluding carboxylic acids is 1. The Kier molecular flexibility index (Phi) is 8.35. The Labute approximate surface area is 170 Å². The van der Waals surface area contributed by atoms with Gasteiger partial charge in [-0.2, -0.15) is 0 Å². The summed E-state index contributed by atoms with van der Waals surface area (Å²) in [7, 11) is 0. The van der Waals surface area contributed by atoms with Gasteiger partial charge in [0.1, 0.15) is 6.04 Å². The van der Waals surface area contributed by atoms with E-state index in [1.54, 1.807) is 0 Å². The molecule has 2 heterocycles. The highest BCUT2D eigenvalue weighted by Gasteiger charge is 2.37. The molecule has 158 valence electrons. The van der Waals surface area contributed by atoms with Crippen molar-refractivity contribution in [3.63, 3.8) is 0 Å². The van der Waals surface area contributed by atoms with Gasteiger partial charge >= 0.3 is 0 Å². The molecule has 1 saturated heterocycles. The monoisotopic (exact) mass is 389 g/mol. The molecule has 2 unspecified atom stereocenters. The van der Waals surface area contributed by atoms with Gasteiger partial charge < -0.3 is 9.32 Å². The first-order valence-corrected chi connectivity index (χ1v) is 11.9. The summed E-state index contributed by atoms with van der Waals surface area (Å²) >= 11 is 0. The van der Waals surface area contributed by atoms with Crippen molar-refractivity contribution in [1.82, 2.24) is 15.1 Å². The van der Waals surface area contributed by atoms with Crippen LogP contribution in [0.1, 0.15) is 127 Å². The SMILES string of the molecule is CCCCC(CCC)c1nnc(C2CCCN2C(=O)C2CCCCCCC2)o1. The average molecular weight is 390 g/mol. The number of rotatable bonds is 8. The maximum atomic E-state index is 13.3. The molecule has 0 aromatic carbocycles. The third-order valence-electron chi connectivity index (χ3n) is 6.62. The third kappa shape index (κ3) is 5.36. The first-order valence-electron chi connectivity index (χ1n) is 11.9. The molecule has 5 heteroatoms. The van der Waals surface area contributed by atoms with Crippen LogP contribution in [0.4, 0.5) is 0 Å². The van der Waals surface area contributed by atoms with E-state index in [0.717, 1.165) is 57.4 Å². The Balaban J connectivity index is 1.68. The molecule has 2 fully saturated rings. The lowest BCUT2D eigenvalue weighted by Crippen LogP contribution is -2.36. The minimum atomic E-state index is -0.00681. The number of unbranched alkanes of at least 4 members (excludes halogenated alkanes) is 1. The lowest BCUT2D eigenvalue weighted by atomic mass is 9.90. The minimum absolute atomic E-state index is 0.00681. The quantitative estimate of drug-likeness (QED) is 0.533. The Hall–Kier alpha value is -1.39. The predicted octanol–water partition coefficient (Wildman–Crippen LogP) is 6.17. The number of hydrogen-bond acceptors (Lipinski definition) is 4. The summed E-state index contributed by atoms with van der Waals surface area (Å²) < 4.78 is 6.18. The van der Waals surface area contributed by atoms with Gasteiger partial charge in [-0.05, 0) is 38.5 Å². The highest BCUT2D eigenvalue weighted by atomic mass is 16.4. The van der Waals surface area contributed by atoms with Gasteiger partial charge in [0.25, 0.3) is 0 Å². The van der Waals surface area contributed by atoms with Crippen molar-refractivity contribution in [3.8, 4) is 0 Å². The van der Waals surface area contributed by atoms with Gasteiger partial charge in [0, 0.05) is 18.4 Å².